The normalized spacial score (nSPS) is 10.4. The van der Waals surface area contributed by atoms with E-state index in [0.717, 1.165) is 24.1 Å². The molecule has 1 N–H and O–H groups in total. The number of nitrogens with zero attached hydrogens (tertiary/aromatic N) is 2. The average molecular weight is 356 g/mol. The summed E-state index contributed by atoms with van der Waals surface area (Å²) in [5.74, 6) is -0.960. The lowest BCUT2D eigenvalue weighted by atomic mass is 10.0. The molecular weight excluding hydrogens is 332 g/mol. The Morgan fingerprint density at radius 2 is 2.00 bits per heavy atom. The molecule has 0 radical (unpaired) electrons. The first kappa shape index (κ1) is 19.4. The van der Waals surface area contributed by atoms with Crippen LogP contribution >= 0.6 is 0 Å². The quantitative estimate of drug-likeness (QED) is 0.723. The highest BCUT2D eigenvalue weighted by atomic mass is 16.6. The van der Waals surface area contributed by atoms with Crippen molar-refractivity contribution in [3.63, 3.8) is 0 Å². The number of aromatic carboxylic acids is 1. The molecule has 2 aromatic rings. The third-order valence-corrected chi connectivity index (χ3v) is 3.96. The molecule has 0 fully saturated rings. The van der Waals surface area contributed by atoms with E-state index < -0.39 is 12.1 Å². The molecule has 138 valence electrons. The Morgan fingerprint density at radius 1 is 1.19 bits per heavy atom. The van der Waals surface area contributed by atoms with Gasteiger partial charge in [0.15, 0.2) is 0 Å². The Morgan fingerprint density at radius 3 is 2.62 bits per heavy atom. The summed E-state index contributed by atoms with van der Waals surface area (Å²) in [6, 6.07) is 10.6. The maximum Gasteiger partial charge on any atom is 0.410 e. The van der Waals surface area contributed by atoms with E-state index in [-0.39, 0.29) is 5.56 Å². The summed E-state index contributed by atoms with van der Waals surface area (Å²) in [7, 11) is 0. The second kappa shape index (κ2) is 9.56. The third kappa shape index (κ3) is 5.58. The Balaban J connectivity index is 2.16. The van der Waals surface area contributed by atoms with Gasteiger partial charge in [-0.05, 0) is 42.7 Å². The zero-order valence-corrected chi connectivity index (χ0v) is 15.1. The van der Waals surface area contributed by atoms with Gasteiger partial charge in [0, 0.05) is 12.7 Å². The number of ether oxygens (including phenoxy) is 1. The number of amides is 1. The second-order valence-electron chi connectivity index (χ2n) is 6.10. The Hall–Kier alpha value is -2.89. The van der Waals surface area contributed by atoms with Crippen molar-refractivity contribution in [1.29, 1.82) is 0 Å². The van der Waals surface area contributed by atoms with Gasteiger partial charge in [0.1, 0.15) is 0 Å². The van der Waals surface area contributed by atoms with Crippen molar-refractivity contribution in [2.75, 3.05) is 6.61 Å². The minimum absolute atomic E-state index is 0.260. The van der Waals surface area contributed by atoms with Gasteiger partial charge in [0.2, 0.25) is 0 Å². The number of carboxylic acids is 1. The number of unbranched alkanes of at least 4 members (excludes halogenated alkanes) is 1. The van der Waals surface area contributed by atoms with Gasteiger partial charge in [-0.25, -0.2) is 9.59 Å². The summed E-state index contributed by atoms with van der Waals surface area (Å²) in [5, 5.41) is 9.15. The Labute approximate surface area is 153 Å². The molecule has 1 aromatic carbocycles. The maximum atomic E-state index is 12.5. The fraction of sp³-hybridized carbons (Fsp3) is 0.350. The largest absolute Gasteiger partial charge is 0.478 e. The van der Waals surface area contributed by atoms with E-state index in [1.807, 2.05) is 25.1 Å². The SMILES string of the molecule is CCCCOC(=O)N(Cc1ccc(C(=O)O)c(C)c1)Cc1ccccn1. The standard InChI is InChI=1S/C20H24N2O4/c1-3-4-11-26-20(25)22(14-17-7-5-6-10-21-17)13-16-8-9-18(19(23)24)15(2)12-16/h5-10,12H,3-4,11,13-14H2,1-2H3,(H,23,24). The number of hydrogen-bond acceptors (Lipinski definition) is 4. The molecule has 1 heterocycles. The molecule has 0 spiro atoms. The van der Waals surface area contributed by atoms with Crippen LogP contribution in [0.15, 0.2) is 42.6 Å². The van der Waals surface area contributed by atoms with E-state index >= 15 is 0 Å². The Kier molecular flexibility index (Phi) is 7.14. The van der Waals surface area contributed by atoms with Crippen LogP contribution in [-0.4, -0.2) is 33.7 Å². The summed E-state index contributed by atoms with van der Waals surface area (Å²) < 4.78 is 5.35. The molecule has 0 saturated heterocycles. The molecule has 0 saturated carbocycles. The summed E-state index contributed by atoms with van der Waals surface area (Å²) in [6.45, 7) is 4.81. The highest BCUT2D eigenvalue weighted by Crippen LogP contribution is 2.15. The van der Waals surface area contributed by atoms with Gasteiger partial charge in [0.25, 0.3) is 0 Å². The highest BCUT2D eigenvalue weighted by Gasteiger charge is 2.17. The van der Waals surface area contributed by atoms with Gasteiger partial charge in [-0.3, -0.25) is 9.88 Å². The number of carbonyl (C=O) groups excluding carboxylic acids is 1. The van der Waals surface area contributed by atoms with Crippen LogP contribution < -0.4 is 0 Å². The third-order valence-electron chi connectivity index (χ3n) is 3.96. The molecule has 0 atom stereocenters. The van der Waals surface area contributed by atoms with E-state index in [0.29, 0.717) is 25.3 Å². The van der Waals surface area contributed by atoms with E-state index in [2.05, 4.69) is 4.98 Å². The van der Waals surface area contributed by atoms with Crippen molar-refractivity contribution in [3.05, 3.63) is 65.0 Å². The van der Waals surface area contributed by atoms with Crippen LogP contribution in [0.2, 0.25) is 0 Å². The second-order valence-corrected chi connectivity index (χ2v) is 6.10. The molecule has 26 heavy (non-hydrogen) atoms. The van der Waals surface area contributed by atoms with E-state index in [4.69, 9.17) is 9.84 Å². The topological polar surface area (TPSA) is 79.7 Å². The van der Waals surface area contributed by atoms with Gasteiger partial charge < -0.3 is 9.84 Å². The lowest BCUT2D eigenvalue weighted by Crippen LogP contribution is -2.31. The predicted molar refractivity (Wildman–Crippen MR) is 97.9 cm³/mol. The lowest BCUT2D eigenvalue weighted by molar-refractivity contribution is 0.0695. The molecule has 0 aliphatic rings. The molecule has 6 nitrogen and oxygen atoms in total. The van der Waals surface area contributed by atoms with Crippen LogP contribution in [0.3, 0.4) is 0 Å². The number of rotatable bonds is 8. The molecule has 1 amide bonds. The number of aromatic nitrogens is 1. The molecule has 2 rings (SSSR count). The fourth-order valence-corrected chi connectivity index (χ4v) is 2.55. The van der Waals surface area contributed by atoms with E-state index in [9.17, 15) is 9.59 Å². The lowest BCUT2D eigenvalue weighted by Gasteiger charge is -2.22. The maximum absolute atomic E-state index is 12.5. The van der Waals surface area contributed by atoms with Crippen molar-refractivity contribution >= 4 is 12.1 Å². The smallest absolute Gasteiger partial charge is 0.410 e. The van der Waals surface area contributed by atoms with Crippen LogP contribution in [-0.2, 0) is 17.8 Å². The van der Waals surface area contributed by atoms with Crippen molar-refractivity contribution in [3.8, 4) is 0 Å². The Bertz CT molecular complexity index is 747. The van der Waals surface area contributed by atoms with Crippen molar-refractivity contribution in [2.45, 2.75) is 39.8 Å². The van der Waals surface area contributed by atoms with E-state index in [1.165, 1.54) is 0 Å². The molecular formula is C20H24N2O4. The van der Waals surface area contributed by atoms with Crippen LogP contribution in [0.4, 0.5) is 4.79 Å². The van der Waals surface area contributed by atoms with Crippen LogP contribution in [0.5, 0.6) is 0 Å². The zero-order chi connectivity index (χ0) is 18.9. The van der Waals surface area contributed by atoms with E-state index in [1.54, 1.807) is 36.2 Å². The van der Waals surface area contributed by atoms with Crippen LogP contribution in [0.25, 0.3) is 0 Å². The fourth-order valence-electron chi connectivity index (χ4n) is 2.55. The summed E-state index contributed by atoms with van der Waals surface area (Å²) in [5.41, 5.74) is 2.53. The zero-order valence-electron chi connectivity index (χ0n) is 15.1. The van der Waals surface area contributed by atoms with Gasteiger partial charge >= 0.3 is 12.1 Å². The average Bonchev–Trinajstić information content (AvgIpc) is 2.62. The van der Waals surface area contributed by atoms with Crippen molar-refractivity contribution in [2.24, 2.45) is 0 Å². The molecule has 0 aliphatic heterocycles. The monoisotopic (exact) mass is 356 g/mol. The van der Waals surface area contributed by atoms with Crippen LogP contribution in [0.1, 0.15) is 46.9 Å². The predicted octanol–water partition coefficient (Wildman–Crippen LogP) is 4.03. The molecule has 1 aromatic heterocycles. The van der Waals surface area contributed by atoms with Gasteiger partial charge in [-0.1, -0.05) is 31.5 Å². The summed E-state index contributed by atoms with van der Waals surface area (Å²) in [4.78, 5) is 29.5. The van der Waals surface area contributed by atoms with Crippen molar-refractivity contribution < 1.29 is 19.4 Å². The number of carbonyl (C=O) groups is 2. The molecule has 6 heteroatoms. The highest BCUT2D eigenvalue weighted by molar-refractivity contribution is 5.89. The van der Waals surface area contributed by atoms with Gasteiger partial charge in [-0.15, -0.1) is 0 Å². The van der Waals surface area contributed by atoms with Gasteiger partial charge in [-0.2, -0.15) is 0 Å². The number of aryl methyl sites for hydroxylation is 1. The minimum atomic E-state index is -0.960. The number of carboxylic acid groups (broad SMARTS) is 1. The first-order valence-electron chi connectivity index (χ1n) is 8.65. The number of benzene rings is 1. The molecule has 0 aliphatic carbocycles. The number of hydrogen-bond donors (Lipinski definition) is 1. The first-order chi connectivity index (χ1) is 12.5. The summed E-state index contributed by atoms with van der Waals surface area (Å²) >= 11 is 0. The first-order valence-corrected chi connectivity index (χ1v) is 8.65. The van der Waals surface area contributed by atoms with Crippen molar-refractivity contribution in [1.82, 2.24) is 9.88 Å². The number of pyridine rings is 1. The minimum Gasteiger partial charge on any atom is -0.478 e. The summed E-state index contributed by atoms with van der Waals surface area (Å²) in [6.07, 6.45) is 3.05. The van der Waals surface area contributed by atoms with Crippen LogP contribution in [0, 0.1) is 6.92 Å². The molecule has 0 unspecified atom stereocenters. The molecule has 0 bridgehead atoms. The van der Waals surface area contributed by atoms with Gasteiger partial charge in [0.05, 0.1) is 24.4 Å².